The highest BCUT2D eigenvalue weighted by Gasteiger charge is 2.07. The highest BCUT2D eigenvalue weighted by Crippen LogP contribution is 2.23. The SMILES string of the molecule is CCCC(=O)c1ccc(OCCO)c(N)c1. The molecular formula is C12H17NO3. The molecule has 0 aliphatic rings. The molecule has 0 aliphatic heterocycles. The van der Waals surface area contributed by atoms with Crippen LogP contribution in [0.5, 0.6) is 5.75 Å². The summed E-state index contributed by atoms with van der Waals surface area (Å²) in [4.78, 5) is 11.6. The van der Waals surface area contributed by atoms with E-state index in [1.54, 1.807) is 18.2 Å². The third kappa shape index (κ3) is 3.24. The molecule has 0 radical (unpaired) electrons. The zero-order chi connectivity index (χ0) is 12.0. The molecular weight excluding hydrogens is 206 g/mol. The molecule has 0 heterocycles. The second-order valence-electron chi connectivity index (χ2n) is 3.50. The Labute approximate surface area is 95.0 Å². The molecule has 3 N–H and O–H groups in total. The number of nitrogen functional groups attached to an aromatic ring is 1. The summed E-state index contributed by atoms with van der Waals surface area (Å²) in [5.74, 6) is 0.588. The van der Waals surface area contributed by atoms with Crippen molar-refractivity contribution in [2.75, 3.05) is 18.9 Å². The molecule has 88 valence electrons. The van der Waals surface area contributed by atoms with Gasteiger partial charge < -0.3 is 15.6 Å². The third-order valence-electron chi connectivity index (χ3n) is 2.16. The number of nitrogens with two attached hydrogens (primary N) is 1. The number of Topliss-reactive ketones (excluding diaryl/α,β-unsaturated/α-hetero) is 1. The van der Waals surface area contributed by atoms with Crippen LogP contribution in [0.3, 0.4) is 0 Å². The molecule has 4 nitrogen and oxygen atoms in total. The number of hydrogen-bond acceptors (Lipinski definition) is 4. The van der Waals surface area contributed by atoms with E-state index in [1.165, 1.54) is 0 Å². The van der Waals surface area contributed by atoms with Crippen molar-refractivity contribution < 1.29 is 14.6 Å². The maximum absolute atomic E-state index is 11.6. The van der Waals surface area contributed by atoms with Gasteiger partial charge in [0.2, 0.25) is 0 Å². The topological polar surface area (TPSA) is 72.5 Å². The number of benzene rings is 1. The molecule has 16 heavy (non-hydrogen) atoms. The lowest BCUT2D eigenvalue weighted by atomic mass is 10.1. The number of carbonyl (C=O) groups is 1. The number of hydrogen-bond donors (Lipinski definition) is 2. The highest BCUT2D eigenvalue weighted by atomic mass is 16.5. The molecule has 0 aliphatic carbocycles. The highest BCUT2D eigenvalue weighted by molar-refractivity contribution is 5.97. The fourth-order valence-corrected chi connectivity index (χ4v) is 1.38. The molecule has 0 aromatic heterocycles. The summed E-state index contributed by atoms with van der Waals surface area (Å²) in [6, 6.07) is 4.97. The Kier molecular flexibility index (Phi) is 4.79. The molecule has 1 rings (SSSR count). The van der Waals surface area contributed by atoms with Crippen LogP contribution in [0.25, 0.3) is 0 Å². The lowest BCUT2D eigenvalue weighted by Crippen LogP contribution is -2.05. The Morgan fingerprint density at radius 3 is 2.81 bits per heavy atom. The summed E-state index contributed by atoms with van der Waals surface area (Å²) in [6.45, 7) is 2.10. The van der Waals surface area contributed by atoms with Gasteiger partial charge in [-0.05, 0) is 24.6 Å². The Balaban J connectivity index is 2.78. The van der Waals surface area contributed by atoms with Crippen molar-refractivity contribution in [3.05, 3.63) is 23.8 Å². The second kappa shape index (κ2) is 6.12. The number of aliphatic hydroxyl groups is 1. The number of rotatable bonds is 6. The van der Waals surface area contributed by atoms with Crippen LogP contribution >= 0.6 is 0 Å². The molecule has 4 heteroatoms. The van der Waals surface area contributed by atoms with Crippen molar-refractivity contribution in [3.63, 3.8) is 0 Å². The minimum absolute atomic E-state index is 0.0596. The van der Waals surface area contributed by atoms with Gasteiger partial charge in [-0.2, -0.15) is 0 Å². The predicted octanol–water partition coefficient (Wildman–Crippen LogP) is 1.62. The Hall–Kier alpha value is -1.55. The fourth-order valence-electron chi connectivity index (χ4n) is 1.38. The van der Waals surface area contributed by atoms with Gasteiger partial charge in [0, 0.05) is 12.0 Å². The number of aliphatic hydroxyl groups excluding tert-OH is 1. The minimum Gasteiger partial charge on any atom is -0.489 e. The average Bonchev–Trinajstić information content (AvgIpc) is 2.27. The van der Waals surface area contributed by atoms with Gasteiger partial charge in [0.1, 0.15) is 12.4 Å². The molecule has 0 atom stereocenters. The molecule has 0 spiro atoms. The van der Waals surface area contributed by atoms with E-state index in [-0.39, 0.29) is 19.0 Å². The van der Waals surface area contributed by atoms with Gasteiger partial charge in [-0.1, -0.05) is 6.92 Å². The Bertz CT molecular complexity index is 363. The number of ketones is 1. The molecule has 0 amide bonds. The number of anilines is 1. The van der Waals surface area contributed by atoms with E-state index in [9.17, 15) is 4.79 Å². The quantitative estimate of drug-likeness (QED) is 0.568. The van der Waals surface area contributed by atoms with Crippen LogP contribution in [0.4, 0.5) is 5.69 Å². The van der Waals surface area contributed by atoms with Crippen molar-refractivity contribution in [1.82, 2.24) is 0 Å². The van der Waals surface area contributed by atoms with E-state index < -0.39 is 0 Å². The Morgan fingerprint density at radius 2 is 2.25 bits per heavy atom. The monoisotopic (exact) mass is 223 g/mol. The zero-order valence-electron chi connectivity index (χ0n) is 9.40. The largest absolute Gasteiger partial charge is 0.489 e. The first-order valence-electron chi connectivity index (χ1n) is 5.35. The maximum atomic E-state index is 11.6. The number of carbonyl (C=O) groups excluding carboxylic acids is 1. The van der Waals surface area contributed by atoms with Crippen LogP contribution in [0.1, 0.15) is 30.1 Å². The van der Waals surface area contributed by atoms with E-state index in [4.69, 9.17) is 15.6 Å². The normalized spacial score (nSPS) is 10.1. The van der Waals surface area contributed by atoms with Crippen LogP contribution in [-0.4, -0.2) is 24.1 Å². The van der Waals surface area contributed by atoms with Crippen molar-refractivity contribution >= 4 is 11.5 Å². The van der Waals surface area contributed by atoms with Crippen molar-refractivity contribution in [2.24, 2.45) is 0 Å². The van der Waals surface area contributed by atoms with Crippen molar-refractivity contribution in [3.8, 4) is 5.75 Å². The smallest absolute Gasteiger partial charge is 0.162 e. The summed E-state index contributed by atoms with van der Waals surface area (Å²) in [5, 5.41) is 8.61. The molecule has 0 saturated heterocycles. The fraction of sp³-hybridized carbons (Fsp3) is 0.417. The van der Waals surface area contributed by atoms with E-state index in [1.807, 2.05) is 6.92 Å². The molecule has 0 fully saturated rings. The van der Waals surface area contributed by atoms with E-state index in [0.717, 1.165) is 6.42 Å². The van der Waals surface area contributed by atoms with Gasteiger partial charge in [-0.15, -0.1) is 0 Å². The van der Waals surface area contributed by atoms with Crippen molar-refractivity contribution in [1.29, 1.82) is 0 Å². The summed E-state index contributed by atoms with van der Waals surface area (Å²) >= 11 is 0. The zero-order valence-corrected chi connectivity index (χ0v) is 9.40. The van der Waals surface area contributed by atoms with Gasteiger partial charge in [0.15, 0.2) is 5.78 Å². The third-order valence-corrected chi connectivity index (χ3v) is 2.16. The number of ether oxygens (including phenoxy) is 1. The second-order valence-corrected chi connectivity index (χ2v) is 3.50. The molecule has 0 bridgehead atoms. The van der Waals surface area contributed by atoms with Gasteiger partial charge in [-0.3, -0.25) is 4.79 Å². The first-order valence-corrected chi connectivity index (χ1v) is 5.35. The van der Waals surface area contributed by atoms with E-state index in [0.29, 0.717) is 23.4 Å². The van der Waals surface area contributed by atoms with Gasteiger partial charge in [-0.25, -0.2) is 0 Å². The van der Waals surface area contributed by atoms with E-state index >= 15 is 0 Å². The molecule has 1 aromatic rings. The van der Waals surface area contributed by atoms with Crippen LogP contribution in [-0.2, 0) is 0 Å². The first kappa shape index (κ1) is 12.5. The van der Waals surface area contributed by atoms with Gasteiger partial charge in [0.25, 0.3) is 0 Å². The summed E-state index contributed by atoms with van der Waals surface area (Å²) < 4.78 is 5.19. The van der Waals surface area contributed by atoms with Crippen LogP contribution in [0.15, 0.2) is 18.2 Å². The summed E-state index contributed by atoms with van der Waals surface area (Å²) in [6.07, 6.45) is 1.35. The summed E-state index contributed by atoms with van der Waals surface area (Å²) in [5.41, 5.74) is 6.77. The standard InChI is InChI=1S/C12H17NO3/c1-2-3-11(15)9-4-5-12(10(13)8-9)16-7-6-14/h4-5,8,14H,2-3,6-7,13H2,1H3. The average molecular weight is 223 g/mol. The van der Waals surface area contributed by atoms with Crippen LogP contribution in [0.2, 0.25) is 0 Å². The van der Waals surface area contributed by atoms with Crippen LogP contribution < -0.4 is 10.5 Å². The van der Waals surface area contributed by atoms with E-state index in [2.05, 4.69) is 0 Å². The first-order chi connectivity index (χ1) is 7.69. The lowest BCUT2D eigenvalue weighted by Gasteiger charge is -2.08. The molecule has 0 saturated carbocycles. The van der Waals surface area contributed by atoms with Gasteiger partial charge in [0.05, 0.1) is 12.3 Å². The Morgan fingerprint density at radius 1 is 1.50 bits per heavy atom. The van der Waals surface area contributed by atoms with Gasteiger partial charge >= 0.3 is 0 Å². The molecule has 0 unspecified atom stereocenters. The molecule has 1 aromatic carbocycles. The van der Waals surface area contributed by atoms with Crippen LogP contribution in [0, 0.1) is 0 Å². The van der Waals surface area contributed by atoms with Crippen molar-refractivity contribution in [2.45, 2.75) is 19.8 Å². The predicted molar refractivity (Wildman–Crippen MR) is 62.7 cm³/mol. The summed E-state index contributed by atoms with van der Waals surface area (Å²) in [7, 11) is 0. The minimum atomic E-state index is -0.0596. The maximum Gasteiger partial charge on any atom is 0.162 e. The lowest BCUT2D eigenvalue weighted by molar-refractivity contribution is 0.0981.